The Bertz CT molecular complexity index is 820. The molecular formula is C27H48N4O5S. The Hall–Kier alpha value is -2.75. The molecule has 4 amide bonds. The van der Waals surface area contributed by atoms with E-state index in [4.69, 9.17) is 5.73 Å². The average molecular weight is 541 g/mol. The first-order valence-corrected chi connectivity index (χ1v) is 13.5. The third-order valence-electron chi connectivity index (χ3n) is 5.21. The van der Waals surface area contributed by atoms with Gasteiger partial charge in [-0.1, -0.05) is 42.4 Å². The number of nitrogens with two attached hydrogens (primary N) is 1. The molecule has 212 valence electrons. The Balaban J connectivity index is 0. The molecule has 0 rings (SSSR count). The maximum Gasteiger partial charge on any atom is 0.327 e. The van der Waals surface area contributed by atoms with Crippen LogP contribution in [0.15, 0.2) is 34.9 Å². The van der Waals surface area contributed by atoms with Crippen LogP contribution in [0.1, 0.15) is 80.6 Å². The van der Waals surface area contributed by atoms with E-state index in [2.05, 4.69) is 61.9 Å². The van der Waals surface area contributed by atoms with Crippen molar-refractivity contribution in [3.63, 3.8) is 0 Å². The van der Waals surface area contributed by atoms with Gasteiger partial charge >= 0.3 is 12.0 Å². The van der Waals surface area contributed by atoms with Gasteiger partial charge in [0.2, 0.25) is 11.8 Å². The molecule has 0 aliphatic heterocycles. The Kier molecular flexibility index (Phi) is 21.0. The number of amides is 4. The van der Waals surface area contributed by atoms with Crippen molar-refractivity contribution in [3.05, 3.63) is 34.9 Å². The number of nitrogens with one attached hydrogen (secondary N) is 3. The number of rotatable bonds is 18. The molecule has 0 fully saturated rings. The molecule has 0 saturated heterocycles. The molecular weight excluding hydrogens is 492 g/mol. The first-order chi connectivity index (χ1) is 17.0. The fourth-order valence-electron chi connectivity index (χ4n) is 3.10. The monoisotopic (exact) mass is 540 g/mol. The van der Waals surface area contributed by atoms with Crippen LogP contribution in [-0.4, -0.2) is 59.1 Å². The van der Waals surface area contributed by atoms with Crippen LogP contribution in [0.5, 0.6) is 0 Å². The van der Waals surface area contributed by atoms with Crippen LogP contribution in [0, 0.1) is 0 Å². The number of urea groups is 1. The lowest BCUT2D eigenvalue weighted by Gasteiger charge is -2.21. The molecule has 0 heterocycles. The molecule has 0 aromatic rings. The standard InChI is InChI=1S/C26H44N4O5S.CH4/c1-6-28-26(35)30-21(13-14-23(27)31)24(32)29-22(25(33)34)17-36-16-15-20(5)12-8-11-19(4)10-7-9-18(2)3;/h9,11,15,21-22H,6-8,10,12-14,16-17H2,1-5H3,(H2,27,31)(H,29,32)(H,33,34)(H2,28,30,35);1H4/b19-11+,20-15+;/t21?,22-;/m0./s1. The van der Waals surface area contributed by atoms with Crippen molar-refractivity contribution >= 4 is 35.6 Å². The van der Waals surface area contributed by atoms with Crippen molar-refractivity contribution in [3.8, 4) is 0 Å². The summed E-state index contributed by atoms with van der Waals surface area (Å²) in [4.78, 5) is 47.2. The van der Waals surface area contributed by atoms with Gasteiger partial charge in [0.1, 0.15) is 12.1 Å². The highest BCUT2D eigenvalue weighted by Gasteiger charge is 2.26. The molecule has 10 heteroatoms. The molecule has 0 spiro atoms. The van der Waals surface area contributed by atoms with E-state index in [1.807, 2.05) is 0 Å². The van der Waals surface area contributed by atoms with Gasteiger partial charge in [-0.2, -0.15) is 11.8 Å². The summed E-state index contributed by atoms with van der Waals surface area (Å²) in [5.41, 5.74) is 9.09. The molecule has 2 atom stereocenters. The number of hydrogen-bond acceptors (Lipinski definition) is 5. The quantitative estimate of drug-likeness (QED) is 0.129. The van der Waals surface area contributed by atoms with Crippen molar-refractivity contribution in [2.24, 2.45) is 5.73 Å². The van der Waals surface area contributed by atoms with Crippen LogP contribution in [0.3, 0.4) is 0 Å². The summed E-state index contributed by atoms with van der Waals surface area (Å²) >= 11 is 1.40. The van der Waals surface area contributed by atoms with Crippen LogP contribution >= 0.6 is 11.8 Å². The maximum absolute atomic E-state index is 12.6. The average Bonchev–Trinajstić information content (AvgIpc) is 2.78. The van der Waals surface area contributed by atoms with Crippen LogP contribution < -0.4 is 21.7 Å². The van der Waals surface area contributed by atoms with E-state index >= 15 is 0 Å². The van der Waals surface area contributed by atoms with Gasteiger partial charge in [-0.3, -0.25) is 9.59 Å². The Morgan fingerprint density at radius 1 is 0.892 bits per heavy atom. The number of carboxylic acid groups (broad SMARTS) is 1. The number of aliphatic carboxylic acids is 1. The summed E-state index contributed by atoms with van der Waals surface area (Å²) in [6, 6.07) is -2.78. The molecule has 0 aromatic carbocycles. The second kappa shape index (κ2) is 21.3. The minimum atomic E-state index is -1.17. The summed E-state index contributed by atoms with van der Waals surface area (Å²) < 4.78 is 0. The zero-order chi connectivity index (χ0) is 27.5. The number of primary amides is 1. The van der Waals surface area contributed by atoms with Crippen molar-refractivity contribution in [2.45, 2.75) is 92.7 Å². The van der Waals surface area contributed by atoms with Gasteiger partial charge in [0.05, 0.1) is 0 Å². The predicted molar refractivity (Wildman–Crippen MR) is 153 cm³/mol. The Labute approximate surface area is 227 Å². The highest BCUT2D eigenvalue weighted by atomic mass is 32.2. The molecule has 0 aromatic heterocycles. The van der Waals surface area contributed by atoms with Gasteiger partial charge in [0, 0.05) is 24.5 Å². The number of allylic oxidation sites excluding steroid dienone is 5. The molecule has 0 saturated carbocycles. The van der Waals surface area contributed by atoms with E-state index < -0.39 is 35.9 Å². The van der Waals surface area contributed by atoms with E-state index in [1.54, 1.807) is 6.92 Å². The summed E-state index contributed by atoms with van der Waals surface area (Å²) in [7, 11) is 0. The summed E-state index contributed by atoms with van der Waals surface area (Å²) in [5, 5.41) is 16.9. The maximum atomic E-state index is 12.6. The highest BCUT2D eigenvalue weighted by molar-refractivity contribution is 7.99. The number of thioether (sulfide) groups is 1. The lowest BCUT2D eigenvalue weighted by atomic mass is 10.1. The normalized spacial score (nSPS) is 13.0. The molecule has 37 heavy (non-hydrogen) atoms. The van der Waals surface area contributed by atoms with Crippen LogP contribution in [0.4, 0.5) is 4.79 Å². The number of carboxylic acids is 1. The first kappa shape index (κ1) is 36.4. The minimum absolute atomic E-state index is 0. The van der Waals surface area contributed by atoms with E-state index in [-0.39, 0.29) is 26.0 Å². The lowest BCUT2D eigenvalue weighted by Crippen LogP contribution is -2.54. The Morgan fingerprint density at radius 2 is 1.49 bits per heavy atom. The predicted octanol–water partition coefficient (Wildman–Crippen LogP) is 4.30. The van der Waals surface area contributed by atoms with Gasteiger partial charge < -0.3 is 26.8 Å². The number of carbonyl (C=O) groups excluding carboxylic acids is 3. The zero-order valence-electron chi connectivity index (χ0n) is 22.3. The molecule has 9 nitrogen and oxygen atoms in total. The minimum Gasteiger partial charge on any atom is -0.480 e. The largest absolute Gasteiger partial charge is 0.480 e. The summed E-state index contributed by atoms with van der Waals surface area (Å²) in [6.07, 6.45) is 10.5. The van der Waals surface area contributed by atoms with Crippen LogP contribution in [0.25, 0.3) is 0 Å². The van der Waals surface area contributed by atoms with E-state index in [9.17, 15) is 24.3 Å². The molecule has 0 radical (unpaired) electrons. The molecule has 0 bridgehead atoms. The fourth-order valence-corrected chi connectivity index (χ4v) is 4.10. The molecule has 0 aliphatic carbocycles. The first-order valence-electron chi connectivity index (χ1n) is 12.3. The second-order valence-corrected chi connectivity index (χ2v) is 10.0. The van der Waals surface area contributed by atoms with Crippen molar-refractivity contribution in [2.75, 3.05) is 18.1 Å². The summed E-state index contributed by atoms with van der Waals surface area (Å²) in [6.45, 7) is 10.5. The van der Waals surface area contributed by atoms with Gasteiger partial charge in [-0.25, -0.2) is 9.59 Å². The SMILES string of the molecule is C.CCNC(=O)NC(CCC(N)=O)C(=O)N[C@@H](CSC/C=C(\C)CC/C=C(\C)CCC=C(C)C)C(=O)O. The van der Waals surface area contributed by atoms with E-state index in [1.165, 1.54) is 28.5 Å². The Morgan fingerprint density at radius 3 is 2.03 bits per heavy atom. The lowest BCUT2D eigenvalue weighted by molar-refractivity contribution is -0.141. The summed E-state index contributed by atoms with van der Waals surface area (Å²) in [5.74, 6) is -1.67. The third kappa shape index (κ3) is 20.0. The van der Waals surface area contributed by atoms with Crippen molar-refractivity contribution < 1.29 is 24.3 Å². The topological polar surface area (TPSA) is 151 Å². The van der Waals surface area contributed by atoms with Gasteiger partial charge in [0.25, 0.3) is 0 Å². The highest BCUT2D eigenvalue weighted by Crippen LogP contribution is 2.13. The fraction of sp³-hybridized carbons (Fsp3) is 0.630. The van der Waals surface area contributed by atoms with Crippen LogP contribution in [-0.2, 0) is 14.4 Å². The third-order valence-corrected chi connectivity index (χ3v) is 6.18. The second-order valence-electron chi connectivity index (χ2n) is 8.96. The smallest absolute Gasteiger partial charge is 0.327 e. The van der Waals surface area contributed by atoms with Gasteiger partial charge in [-0.15, -0.1) is 0 Å². The van der Waals surface area contributed by atoms with E-state index in [0.717, 1.165) is 25.7 Å². The number of carbonyl (C=O) groups is 4. The molecule has 1 unspecified atom stereocenters. The van der Waals surface area contributed by atoms with E-state index in [0.29, 0.717) is 12.3 Å². The van der Waals surface area contributed by atoms with Gasteiger partial charge in [0.15, 0.2) is 0 Å². The van der Waals surface area contributed by atoms with Crippen LogP contribution in [0.2, 0.25) is 0 Å². The van der Waals surface area contributed by atoms with Gasteiger partial charge in [-0.05, 0) is 66.7 Å². The number of hydrogen-bond donors (Lipinski definition) is 5. The molecule has 0 aliphatic rings. The molecule has 6 N–H and O–H groups in total. The zero-order valence-corrected chi connectivity index (χ0v) is 23.1. The van der Waals surface area contributed by atoms with Crippen molar-refractivity contribution in [1.29, 1.82) is 0 Å². The van der Waals surface area contributed by atoms with Crippen molar-refractivity contribution in [1.82, 2.24) is 16.0 Å².